The van der Waals surface area contributed by atoms with Crippen LogP contribution in [0.1, 0.15) is 13.4 Å². The van der Waals surface area contributed by atoms with Crippen LogP contribution in [0.3, 0.4) is 0 Å². The number of amides is 3. The Morgan fingerprint density at radius 1 is 1.30 bits per heavy atom. The molecule has 30 heavy (non-hydrogen) atoms. The van der Waals surface area contributed by atoms with Crippen molar-refractivity contribution in [3.05, 3.63) is 23.6 Å². The van der Waals surface area contributed by atoms with Crippen LogP contribution in [0.25, 0.3) is 0 Å². The molecule has 1 N–H and O–H groups in total. The minimum atomic E-state index is -4.70. The highest BCUT2D eigenvalue weighted by Crippen LogP contribution is 2.31. The number of hydrogen-bond acceptors (Lipinski definition) is 5. The third kappa shape index (κ3) is 4.42. The van der Waals surface area contributed by atoms with E-state index in [1.165, 1.54) is 0 Å². The summed E-state index contributed by atoms with van der Waals surface area (Å²) >= 11 is 0. The van der Waals surface area contributed by atoms with Crippen LogP contribution in [-0.4, -0.2) is 78.3 Å². The second-order valence-corrected chi connectivity index (χ2v) is 7.64. The second-order valence-electron chi connectivity index (χ2n) is 7.64. The molecule has 0 aromatic carbocycles. The lowest BCUT2D eigenvalue weighted by atomic mass is 9.99. The molecule has 0 saturated carbocycles. The van der Waals surface area contributed by atoms with Crippen LogP contribution in [0.15, 0.2) is 12.1 Å². The fourth-order valence-corrected chi connectivity index (χ4v) is 3.82. The molecule has 4 heterocycles. The van der Waals surface area contributed by atoms with Crippen molar-refractivity contribution in [3.63, 3.8) is 0 Å². The first kappa shape index (κ1) is 20.6. The third-order valence-corrected chi connectivity index (χ3v) is 5.39. The number of hydrogen-bond donors (Lipinski definition) is 1. The van der Waals surface area contributed by atoms with E-state index >= 15 is 0 Å². The monoisotopic (exact) mass is 434 g/mol. The topological polar surface area (TPSA) is 84.0 Å². The Morgan fingerprint density at radius 2 is 2.07 bits per heavy atom. The third-order valence-electron chi connectivity index (χ3n) is 5.39. The van der Waals surface area contributed by atoms with E-state index in [1.807, 2.05) is 0 Å². The van der Waals surface area contributed by atoms with Gasteiger partial charge in [-0.1, -0.05) is 0 Å². The Bertz CT molecular complexity index is 837. The van der Waals surface area contributed by atoms with Gasteiger partial charge < -0.3 is 24.6 Å². The van der Waals surface area contributed by atoms with Gasteiger partial charge in [-0.05, 0) is 6.42 Å². The summed E-state index contributed by atoms with van der Waals surface area (Å²) in [4.78, 5) is 30.7. The fourth-order valence-electron chi connectivity index (χ4n) is 3.82. The number of aromatic nitrogens is 1. The van der Waals surface area contributed by atoms with Crippen molar-refractivity contribution < 1.29 is 38.1 Å². The minimum absolute atomic E-state index is 0. The lowest BCUT2D eigenvalue weighted by Gasteiger charge is -2.46. The Hall–Kier alpha value is -2.63. The van der Waals surface area contributed by atoms with Gasteiger partial charge in [0.25, 0.3) is 0 Å². The van der Waals surface area contributed by atoms with Gasteiger partial charge >= 0.3 is 12.2 Å². The number of alkyl halides is 3. The highest BCUT2D eigenvalue weighted by Gasteiger charge is 2.40. The average Bonchev–Trinajstić information content (AvgIpc) is 2.64. The maximum atomic E-state index is 13.3. The zero-order valence-corrected chi connectivity index (χ0v) is 15.8. The number of carbonyl (C=O) groups excluding carboxylic acids is 2. The standard InChI is InChI=1S/C18H20F4N4O4.H2/c19-14-3-11(18(20,21)22)4-16(24-14)30-8-10-5-26(6-10)17(28)25-2-1-13-12(7-25)23-15(27)9-29-13;/h3-4,10,12-13H,1-2,5-9H2,(H,23,27);1H/t12-,13+;/m1./s1. The Kier molecular flexibility index (Phi) is 5.43. The Labute approximate surface area is 170 Å². The van der Waals surface area contributed by atoms with Crippen molar-refractivity contribution in [3.8, 4) is 5.88 Å². The van der Waals surface area contributed by atoms with E-state index in [0.29, 0.717) is 44.7 Å². The molecule has 8 nitrogen and oxygen atoms in total. The molecule has 3 saturated heterocycles. The van der Waals surface area contributed by atoms with E-state index in [4.69, 9.17) is 9.47 Å². The molecule has 166 valence electrons. The van der Waals surface area contributed by atoms with Gasteiger partial charge in [-0.3, -0.25) is 4.79 Å². The molecule has 0 radical (unpaired) electrons. The van der Waals surface area contributed by atoms with Crippen molar-refractivity contribution in [2.24, 2.45) is 5.92 Å². The number of halogens is 4. The highest BCUT2D eigenvalue weighted by atomic mass is 19.4. The molecule has 3 amide bonds. The van der Waals surface area contributed by atoms with Gasteiger partial charge in [0, 0.05) is 45.7 Å². The number of nitrogens with one attached hydrogen (secondary N) is 1. The van der Waals surface area contributed by atoms with Crippen LogP contribution in [0.5, 0.6) is 5.88 Å². The number of ether oxygens (including phenoxy) is 2. The molecule has 0 spiro atoms. The Morgan fingerprint density at radius 3 is 2.80 bits per heavy atom. The van der Waals surface area contributed by atoms with Crippen molar-refractivity contribution in [1.29, 1.82) is 0 Å². The normalized spacial score (nSPS) is 24.7. The number of rotatable bonds is 3. The number of nitrogens with zero attached hydrogens (tertiary/aromatic N) is 3. The average molecular weight is 434 g/mol. The van der Waals surface area contributed by atoms with Gasteiger partial charge in [-0.15, -0.1) is 0 Å². The fraction of sp³-hybridized carbons (Fsp3) is 0.611. The van der Waals surface area contributed by atoms with Crippen LogP contribution in [0, 0.1) is 11.9 Å². The summed E-state index contributed by atoms with van der Waals surface area (Å²) in [7, 11) is 0. The molecular weight excluding hydrogens is 412 g/mol. The van der Waals surface area contributed by atoms with Crippen molar-refractivity contribution in [1.82, 2.24) is 20.1 Å². The summed E-state index contributed by atoms with van der Waals surface area (Å²) < 4.78 is 62.2. The van der Waals surface area contributed by atoms with E-state index in [1.54, 1.807) is 9.80 Å². The van der Waals surface area contributed by atoms with Gasteiger partial charge in [-0.2, -0.15) is 22.5 Å². The molecule has 0 bridgehead atoms. The summed E-state index contributed by atoms with van der Waals surface area (Å²) in [5.41, 5.74) is -1.17. The zero-order valence-electron chi connectivity index (χ0n) is 15.8. The van der Waals surface area contributed by atoms with E-state index < -0.39 is 23.6 Å². The van der Waals surface area contributed by atoms with Crippen LogP contribution < -0.4 is 10.1 Å². The van der Waals surface area contributed by atoms with Gasteiger partial charge in [0.05, 0.1) is 24.3 Å². The van der Waals surface area contributed by atoms with E-state index in [0.717, 1.165) is 0 Å². The van der Waals surface area contributed by atoms with E-state index in [-0.39, 0.29) is 44.6 Å². The number of urea groups is 1. The van der Waals surface area contributed by atoms with E-state index in [9.17, 15) is 27.2 Å². The highest BCUT2D eigenvalue weighted by molar-refractivity contribution is 5.79. The first-order valence-corrected chi connectivity index (χ1v) is 9.51. The van der Waals surface area contributed by atoms with Crippen molar-refractivity contribution in [2.45, 2.75) is 24.7 Å². The summed E-state index contributed by atoms with van der Waals surface area (Å²) in [5.74, 6) is -2.01. The first-order valence-electron chi connectivity index (χ1n) is 9.51. The number of fused-ring (bicyclic) bond motifs is 1. The molecule has 4 rings (SSSR count). The van der Waals surface area contributed by atoms with Gasteiger partial charge in [0.2, 0.25) is 17.7 Å². The number of pyridine rings is 1. The summed E-state index contributed by atoms with van der Waals surface area (Å²) in [5, 5.41) is 2.83. The van der Waals surface area contributed by atoms with Gasteiger partial charge in [-0.25, -0.2) is 4.79 Å². The second kappa shape index (κ2) is 7.89. The van der Waals surface area contributed by atoms with Crippen molar-refractivity contribution in [2.75, 3.05) is 39.4 Å². The number of morpholine rings is 1. The lowest BCUT2D eigenvalue weighted by Crippen LogP contribution is -2.64. The summed E-state index contributed by atoms with van der Waals surface area (Å²) in [6, 6.07) is 0.550. The molecule has 0 aliphatic carbocycles. The predicted octanol–water partition coefficient (Wildman–Crippen LogP) is 1.51. The van der Waals surface area contributed by atoms with Crippen LogP contribution in [0.2, 0.25) is 0 Å². The SMILES string of the molecule is O=C1CO[C@H]2CCN(C(=O)N3CC(COc4cc(C(F)(F)F)cc(F)n4)C3)C[C@H]2N1.[HH]. The molecule has 3 fully saturated rings. The van der Waals surface area contributed by atoms with Crippen LogP contribution in [0.4, 0.5) is 22.4 Å². The molecular formula is C18H22F4N4O4. The predicted molar refractivity (Wildman–Crippen MR) is 95.1 cm³/mol. The van der Waals surface area contributed by atoms with E-state index in [2.05, 4.69) is 10.3 Å². The Balaban J connectivity index is 0.00000272. The molecule has 3 aliphatic rings. The quantitative estimate of drug-likeness (QED) is 0.576. The smallest absolute Gasteiger partial charge is 0.416 e. The largest absolute Gasteiger partial charge is 0.477 e. The molecule has 1 aromatic rings. The molecule has 1 aromatic heterocycles. The summed E-state index contributed by atoms with van der Waals surface area (Å²) in [6.45, 7) is 1.67. The lowest BCUT2D eigenvalue weighted by molar-refractivity contribution is -0.140. The molecule has 2 atom stereocenters. The zero-order chi connectivity index (χ0) is 21.5. The van der Waals surface area contributed by atoms with Gasteiger partial charge in [0.15, 0.2) is 0 Å². The van der Waals surface area contributed by atoms with Gasteiger partial charge in [0.1, 0.15) is 6.61 Å². The minimum Gasteiger partial charge on any atom is -0.477 e. The summed E-state index contributed by atoms with van der Waals surface area (Å²) in [6.07, 6.45) is -4.16. The number of piperidine rings is 1. The number of likely N-dealkylation sites (tertiary alicyclic amines) is 2. The van der Waals surface area contributed by atoms with Crippen LogP contribution >= 0.6 is 0 Å². The van der Waals surface area contributed by atoms with Crippen LogP contribution in [-0.2, 0) is 15.7 Å². The maximum Gasteiger partial charge on any atom is 0.416 e. The first-order chi connectivity index (χ1) is 14.2. The molecule has 3 aliphatic heterocycles. The van der Waals surface area contributed by atoms with Crippen molar-refractivity contribution >= 4 is 11.9 Å². The number of carbonyl (C=O) groups is 2. The molecule has 12 heteroatoms. The molecule has 0 unspecified atom stereocenters. The maximum absolute atomic E-state index is 13.3.